The number of likely N-dealkylation sites (N-methyl/N-ethyl adjacent to an activating group) is 1. The molecular formula is C24H34Cl2FN3O. The van der Waals surface area contributed by atoms with Crippen molar-refractivity contribution in [2.75, 3.05) is 23.9 Å². The molecule has 1 amide bonds. The lowest BCUT2D eigenvalue weighted by molar-refractivity contribution is -0.121. The maximum absolute atomic E-state index is 13.4. The Balaban J connectivity index is 0.00000240. The molecule has 0 heterocycles. The van der Waals surface area contributed by atoms with Crippen molar-refractivity contribution in [1.82, 2.24) is 5.32 Å². The monoisotopic (exact) mass is 469 g/mol. The first-order valence-corrected chi connectivity index (χ1v) is 10.4. The van der Waals surface area contributed by atoms with Gasteiger partial charge >= 0.3 is 0 Å². The highest BCUT2D eigenvalue weighted by Crippen LogP contribution is 2.30. The van der Waals surface area contributed by atoms with E-state index in [1.165, 1.54) is 30.7 Å². The lowest BCUT2D eigenvalue weighted by atomic mass is 10.0. The molecule has 0 bridgehead atoms. The molecule has 172 valence electrons. The smallest absolute Gasteiger partial charge is 0.244 e. The van der Waals surface area contributed by atoms with Gasteiger partial charge < -0.3 is 15.1 Å². The summed E-state index contributed by atoms with van der Waals surface area (Å²) in [6, 6.07) is 14.9. The number of anilines is 2. The standard InChI is InChI=1S/C24H32FN3O.2ClH/c1-17(2)15-23(26-3)24(29)28(22-11-7-19(25)8-12-22)16-18-5-9-20(10-6-18)27(4)21-13-14-21;;/h5-12,17,21,23,26H,13-16H2,1-4H3;2*1H. The van der Waals surface area contributed by atoms with E-state index in [9.17, 15) is 9.18 Å². The second-order valence-corrected chi connectivity index (χ2v) is 8.38. The molecule has 1 saturated carbocycles. The zero-order valence-electron chi connectivity index (χ0n) is 18.7. The summed E-state index contributed by atoms with van der Waals surface area (Å²) < 4.78 is 13.4. The van der Waals surface area contributed by atoms with Crippen LogP contribution in [0.25, 0.3) is 0 Å². The fraction of sp³-hybridized carbons (Fsp3) is 0.458. The van der Waals surface area contributed by atoms with Crippen LogP contribution in [0.5, 0.6) is 0 Å². The molecule has 0 radical (unpaired) electrons. The quantitative estimate of drug-likeness (QED) is 0.531. The molecule has 4 nitrogen and oxygen atoms in total. The van der Waals surface area contributed by atoms with E-state index in [0.29, 0.717) is 24.2 Å². The Bertz CT molecular complexity index is 811. The minimum Gasteiger partial charge on any atom is -0.372 e. The Kier molecular flexibility index (Phi) is 10.8. The summed E-state index contributed by atoms with van der Waals surface area (Å²) >= 11 is 0. The highest BCUT2D eigenvalue weighted by Gasteiger charge is 2.27. The van der Waals surface area contributed by atoms with E-state index in [4.69, 9.17) is 0 Å². The zero-order valence-corrected chi connectivity index (χ0v) is 20.3. The van der Waals surface area contributed by atoms with Crippen molar-refractivity contribution in [3.05, 3.63) is 59.9 Å². The molecule has 1 unspecified atom stereocenters. The number of nitrogens with zero attached hydrogens (tertiary/aromatic N) is 2. The van der Waals surface area contributed by atoms with Gasteiger partial charge in [-0.2, -0.15) is 0 Å². The molecule has 2 aromatic rings. The maximum Gasteiger partial charge on any atom is 0.244 e. The summed E-state index contributed by atoms with van der Waals surface area (Å²) in [4.78, 5) is 17.4. The third kappa shape index (κ3) is 7.37. The van der Waals surface area contributed by atoms with Gasteiger partial charge in [0.1, 0.15) is 5.82 Å². The van der Waals surface area contributed by atoms with Crippen LogP contribution < -0.4 is 15.1 Å². The molecule has 31 heavy (non-hydrogen) atoms. The molecule has 1 fully saturated rings. The Morgan fingerprint density at radius 3 is 2.06 bits per heavy atom. The van der Waals surface area contributed by atoms with Gasteiger partial charge in [-0.05, 0) is 74.2 Å². The van der Waals surface area contributed by atoms with Crippen molar-refractivity contribution >= 4 is 42.1 Å². The van der Waals surface area contributed by atoms with Crippen molar-refractivity contribution in [3.63, 3.8) is 0 Å². The number of benzene rings is 2. The summed E-state index contributed by atoms with van der Waals surface area (Å²) in [5, 5.41) is 3.15. The number of rotatable bonds is 9. The number of hydrogen-bond donors (Lipinski definition) is 1. The fourth-order valence-electron chi connectivity index (χ4n) is 3.61. The van der Waals surface area contributed by atoms with Gasteiger partial charge in [-0.1, -0.05) is 26.0 Å². The predicted octanol–water partition coefficient (Wildman–Crippen LogP) is 5.44. The van der Waals surface area contributed by atoms with Crippen LogP contribution in [0.4, 0.5) is 15.8 Å². The number of carbonyl (C=O) groups is 1. The van der Waals surface area contributed by atoms with Crippen molar-refractivity contribution < 1.29 is 9.18 Å². The van der Waals surface area contributed by atoms with Crippen LogP contribution in [0.15, 0.2) is 48.5 Å². The van der Waals surface area contributed by atoms with Crippen LogP contribution >= 0.6 is 24.8 Å². The van der Waals surface area contributed by atoms with E-state index >= 15 is 0 Å². The predicted molar refractivity (Wildman–Crippen MR) is 132 cm³/mol. The van der Waals surface area contributed by atoms with Crippen molar-refractivity contribution in [2.24, 2.45) is 5.92 Å². The fourth-order valence-corrected chi connectivity index (χ4v) is 3.61. The molecular weight excluding hydrogens is 436 g/mol. The van der Waals surface area contributed by atoms with E-state index in [-0.39, 0.29) is 42.6 Å². The lowest BCUT2D eigenvalue weighted by Crippen LogP contribution is -2.45. The molecule has 1 atom stereocenters. The van der Waals surface area contributed by atoms with Gasteiger partial charge in [0.05, 0.1) is 12.6 Å². The van der Waals surface area contributed by atoms with E-state index in [1.54, 1.807) is 17.0 Å². The second kappa shape index (κ2) is 12.3. The van der Waals surface area contributed by atoms with E-state index < -0.39 is 0 Å². The van der Waals surface area contributed by atoms with Gasteiger partial charge in [0.2, 0.25) is 5.91 Å². The van der Waals surface area contributed by atoms with Crippen LogP contribution in [-0.2, 0) is 11.3 Å². The first kappa shape index (κ1) is 27.2. The maximum atomic E-state index is 13.4. The molecule has 0 saturated heterocycles. The molecule has 0 aliphatic heterocycles. The van der Waals surface area contributed by atoms with Gasteiger partial charge in [0, 0.05) is 24.5 Å². The number of carbonyl (C=O) groups excluding carboxylic acids is 1. The SMILES string of the molecule is CNC(CC(C)C)C(=O)N(Cc1ccc(N(C)C2CC2)cc1)c1ccc(F)cc1.Cl.Cl. The van der Waals surface area contributed by atoms with E-state index in [1.807, 2.05) is 7.05 Å². The Morgan fingerprint density at radius 1 is 1.03 bits per heavy atom. The highest BCUT2D eigenvalue weighted by atomic mass is 35.5. The lowest BCUT2D eigenvalue weighted by Gasteiger charge is -2.28. The molecule has 2 aromatic carbocycles. The average molecular weight is 470 g/mol. The molecule has 0 spiro atoms. The van der Waals surface area contributed by atoms with Crippen LogP contribution in [0.2, 0.25) is 0 Å². The molecule has 3 rings (SSSR count). The molecule has 1 N–H and O–H groups in total. The second-order valence-electron chi connectivity index (χ2n) is 8.38. The van der Waals surface area contributed by atoms with Crippen LogP contribution in [0.3, 0.4) is 0 Å². The minimum atomic E-state index is -0.305. The van der Waals surface area contributed by atoms with Crippen LogP contribution in [0.1, 0.15) is 38.7 Å². The molecule has 1 aliphatic rings. The van der Waals surface area contributed by atoms with Gasteiger partial charge in [0.25, 0.3) is 0 Å². The third-order valence-electron chi connectivity index (χ3n) is 5.54. The Labute approximate surface area is 198 Å². The minimum absolute atomic E-state index is 0. The average Bonchev–Trinajstić information content (AvgIpc) is 3.56. The van der Waals surface area contributed by atoms with Crippen LogP contribution in [0, 0.1) is 11.7 Å². The summed E-state index contributed by atoms with van der Waals surface area (Å²) in [6.07, 6.45) is 3.26. The third-order valence-corrected chi connectivity index (χ3v) is 5.54. The zero-order chi connectivity index (χ0) is 21.0. The van der Waals surface area contributed by atoms with Gasteiger partial charge in [0.15, 0.2) is 0 Å². The normalized spacial score (nSPS) is 13.7. The van der Waals surface area contributed by atoms with Crippen molar-refractivity contribution in [3.8, 4) is 0 Å². The summed E-state index contributed by atoms with van der Waals surface area (Å²) in [5.74, 6) is 0.0941. The molecule has 7 heteroatoms. The van der Waals surface area contributed by atoms with Gasteiger partial charge in [-0.3, -0.25) is 4.79 Å². The van der Waals surface area contributed by atoms with Crippen LogP contribution in [-0.4, -0.2) is 32.1 Å². The van der Waals surface area contributed by atoms with E-state index in [2.05, 4.69) is 55.4 Å². The van der Waals surface area contributed by atoms with Crippen molar-refractivity contribution in [2.45, 2.75) is 51.7 Å². The highest BCUT2D eigenvalue weighted by molar-refractivity contribution is 5.97. The largest absolute Gasteiger partial charge is 0.372 e. The van der Waals surface area contributed by atoms with E-state index in [0.717, 1.165) is 12.0 Å². The topological polar surface area (TPSA) is 35.6 Å². The summed E-state index contributed by atoms with van der Waals surface area (Å²) in [7, 11) is 3.95. The molecule has 1 aliphatic carbocycles. The first-order valence-electron chi connectivity index (χ1n) is 10.4. The summed E-state index contributed by atoms with van der Waals surface area (Å²) in [6.45, 7) is 4.66. The summed E-state index contributed by atoms with van der Waals surface area (Å²) in [5.41, 5.74) is 2.96. The Hall–Kier alpha value is -1.82. The van der Waals surface area contributed by atoms with Gasteiger partial charge in [-0.25, -0.2) is 4.39 Å². The van der Waals surface area contributed by atoms with Crippen molar-refractivity contribution in [1.29, 1.82) is 0 Å². The number of halogens is 3. The molecule has 0 aromatic heterocycles. The first-order chi connectivity index (χ1) is 13.9. The Morgan fingerprint density at radius 2 is 1.58 bits per heavy atom. The van der Waals surface area contributed by atoms with Gasteiger partial charge in [-0.15, -0.1) is 24.8 Å². The number of nitrogens with one attached hydrogen (secondary N) is 1. The number of amides is 1. The number of hydrogen-bond acceptors (Lipinski definition) is 3.